The Labute approximate surface area is 144 Å². The molecule has 134 valence electrons. The van der Waals surface area contributed by atoms with Gasteiger partial charge in [0.25, 0.3) is 0 Å². The summed E-state index contributed by atoms with van der Waals surface area (Å²) in [5.41, 5.74) is -0.906. The number of hydrogen-bond donors (Lipinski definition) is 1. The smallest absolute Gasteiger partial charge is 0.387 e. The van der Waals surface area contributed by atoms with Crippen LogP contribution in [-0.4, -0.2) is 22.3 Å². The number of pyridine rings is 1. The molecule has 0 aliphatic heterocycles. The van der Waals surface area contributed by atoms with Gasteiger partial charge in [-0.05, 0) is 29.8 Å². The van der Waals surface area contributed by atoms with E-state index in [1.54, 1.807) is 6.07 Å². The van der Waals surface area contributed by atoms with E-state index in [4.69, 9.17) is 0 Å². The molecule has 1 heterocycles. The van der Waals surface area contributed by atoms with E-state index in [0.29, 0.717) is 5.56 Å². The van der Waals surface area contributed by atoms with Gasteiger partial charge in [-0.2, -0.15) is 8.78 Å². The van der Waals surface area contributed by atoms with Crippen molar-refractivity contribution in [2.24, 2.45) is 0 Å². The number of fused-ring (bicyclic) bond motifs is 1. The molecule has 3 rings (SSSR count). The first kappa shape index (κ1) is 17.5. The molecule has 0 amide bonds. The molecule has 0 spiro atoms. The van der Waals surface area contributed by atoms with E-state index in [-0.39, 0.29) is 23.2 Å². The fraction of sp³-hybridized carbons (Fsp3) is 0.111. The molecule has 5 nitrogen and oxygen atoms in total. The first-order chi connectivity index (χ1) is 12.4. The van der Waals surface area contributed by atoms with Crippen molar-refractivity contribution in [1.29, 1.82) is 0 Å². The lowest BCUT2D eigenvalue weighted by Crippen LogP contribution is -2.20. The molecular formula is C18H12F3NO4. The number of rotatable bonds is 5. The molecule has 0 bridgehead atoms. The van der Waals surface area contributed by atoms with Gasteiger partial charge >= 0.3 is 12.6 Å². The average Bonchev–Trinajstić information content (AvgIpc) is 2.57. The highest BCUT2D eigenvalue weighted by atomic mass is 19.3. The minimum Gasteiger partial charge on any atom is -0.477 e. The first-order valence-corrected chi connectivity index (χ1v) is 7.45. The molecule has 0 radical (unpaired) electrons. The maximum absolute atomic E-state index is 14.3. The third-order valence-electron chi connectivity index (χ3n) is 3.76. The van der Waals surface area contributed by atoms with Crippen LogP contribution in [0.5, 0.6) is 5.75 Å². The van der Waals surface area contributed by atoms with Crippen LogP contribution in [0.25, 0.3) is 10.9 Å². The van der Waals surface area contributed by atoms with Crippen LogP contribution in [0.1, 0.15) is 15.9 Å². The van der Waals surface area contributed by atoms with Crippen LogP contribution in [0.2, 0.25) is 0 Å². The lowest BCUT2D eigenvalue weighted by molar-refractivity contribution is -0.0498. The van der Waals surface area contributed by atoms with Crippen molar-refractivity contribution >= 4 is 16.9 Å². The molecule has 0 aliphatic carbocycles. The lowest BCUT2D eigenvalue weighted by atomic mass is 10.1. The molecule has 2 aromatic carbocycles. The van der Waals surface area contributed by atoms with Gasteiger partial charge in [-0.15, -0.1) is 0 Å². The highest BCUT2D eigenvalue weighted by Crippen LogP contribution is 2.20. The molecular weight excluding hydrogens is 351 g/mol. The number of carboxylic acids is 1. The second-order valence-electron chi connectivity index (χ2n) is 5.47. The number of nitrogens with zero attached hydrogens (tertiary/aromatic N) is 1. The number of carboxylic acid groups (broad SMARTS) is 1. The van der Waals surface area contributed by atoms with E-state index < -0.39 is 29.4 Å². The molecule has 0 fully saturated rings. The first-order valence-electron chi connectivity index (χ1n) is 7.45. The van der Waals surface area contributed by atoms with Gasteiger partial charge in [0.05, 0.1) is 5.52 Å². The summed E-state index contributed by atoms with van der Waals surface area (Å²) in [6.07, 6.45) is 1.04. The van der Waals surface area contributed by atoms with Gasteiger partial charge in [-0.1, -0.05) is 18.2 Å². The third-order valence-corrected chi connectivity index (χ3v) is 3.76. The predicted molar refractivity (Wildman–Crippen MR) is 87.3 cm³/mol. The van der Waals surface area contributed by atoms with Gasteiger partial charge in [-0.3, -0.25) is 4.79 Å². The summed E-state index contributed by atoms with van der Waals surface area (Å²) in [6.45, 7) is -3.03. The number of halogens is 3. The Morgan fingerprint density at radius 2 is 1.92 bits per heavy atom. The predicted octanol–water partition coefficient (Wildman–Crippen LogP) is 3.49. The van der Waals surface area contributed by atoms with Gasteiger partial charge in [0.2, 0.25) is 5.43 Å². The number of aromatic carboxylic acids is 1. The normalized spacial score (nSPS) is 11.1. The molecule has 0 unspecified atom stereocenters. The van der Waals surface area contributed by atoms with Crippen molar-refractivity contribution < 1.29 is 27.8 Å². The van der Waals surface area contributed by atoms with E-state index >= 15 is 0 Å². The van der Waals surface area contributed by atoms with Crippen molar-refractivity contribution in [3.05, 3.63) is 75.8 Å². The molecule has 8 heteroatoms. The second-order valence-corrected chi connectivity index (χ2v) is 5.47. The van der Waals surface area contributed by atoms with Crippen molar-refractivity contribution in [2.45, 2.75) is 13.2 Å². The van der Waals surface area contributed by atoms with E-state index in [1.165, 1.54) is 34.9 Å². The summed E-state index contributed by atoms with van der Waals surface area (Å²) in [6, 6.07) is 9.52. The fourth-order valence-electron chi connectivity index (χ4n) is 2.71. The van der Waals surface area contributed by atoms with Gasteiger partial charge in [0.1, 0.15) is 17.1 Å². The quantitative estimate of drug-likeness (QED) is 0.754. The van der Waals surface area contributed by atoms with Crippen LogP contribution >= 0.6 is 0 Å². The van der Waals surface area contributed by atoms with Crippen LogP contribution in [0, 0.1) is 5.82 Å². The molecule has 0 saturated carbocycles. The fourth-order valence-corrected chi connectivity index (χ4v) is 2.71. The topological polar surface area (TPSA) is 68.5 Å². The lowest BCUT2D eigenvalue weighted by Gasteiger charge is -2.14. The molecule has 26 heavy (non-hydrogen) atoms. The molecule has 1 N–H and O–H groups in total. The Morgan fingerprint density at radius 1 is 1.19 bits per heavy atom. The van der Waals surface area contributed by atoms with Crippen LogP contribution in [0.15, 0.2) is 53.5 Å². The number of alkyl halides is 2. The number of benzene rings is 2. The van der Waals surface area contributed by atoms with Crippen LogP contribution < -0.4 is 10.2 Å². The molecule has 0 saturated heterocycles. The summed E-state index contributed by atoms with van der Waals surface area (Å²) in [7, 11) is 0. The zero-order chi connectivity index (χ0) is 18.8. The molecule has 0 aliphatic rings. The Kier molecular flexibility index (Phi) is 4.66. The van der Waals surface area contributed by atoms with Gasteiger partial charge < -0.3 is 14.4 Å². The van der Waals surface area contributed by atoms with Crippen molar-refractivity contribution in [3.63, 3.8) is 0 Å². The van der Waals surface area contributed by atoms with Crippen molar-refractivity contribution in [3.8, 4) is 5.75 Å². The number of para-hydroxylation sites is 1. The van der Waals surface area contributed by atoms with Gasteiger partial charge in [0.15, 0.2) is 0 Å². The minimum absolute atomic E-state index is 0.0432. The van der Waals surface area contributed by atoms with Gasteiger partial charge in [0, 0.05) is 18.1 Å². The van der Waals surface area contributed by atoms with Gasteiger partial charge in [-0.25, -0.2) is 9.18 Å². The monoisotopic (exact) mass is 363 g/mol. The maximum Gasteiger partial charge on any atom is 0.387 e. The molecule has 3 aromatic rings. The second kappa shape index (κ2) is 6.91. The number of aromatic nitrogens is 1. The summed E-state index contributed by atoms with van der Waals surface area (Å²) < 4.78 is 44.6. The number of carbonyl (C=O) groups is 1. The standard InChI is InChI=1S/C18H12F3NO4/c19-14-6-2-5-12-15(14)22(9-13(16(12)23)17(24)25)8-10-3-1-4-11(7-10)26-18(20)21/h1-7,9,18H,8H2,(H,24,25). The Balaban J connectivity index is 2.14. The Hall–Kier alpha value is -3.29. The third kappa shape index (κ3) is 3.39. The summed E-state index contributed by atoms with van der Waals surface area (Å²) in [5.74, 6) is -2.22. The van der Waals surface area contributed by atoms with E-state index in [1.807, 2.05) is 0 Å². The van der Waals surface area contributed by atoms with E-state index in [9.17, 15) is 27.9 Å². The zero-order valence-electron chi connectivity index (χ0n) is 13.2. The average molecular weight is 363 g/mol. The minimum atomic E-state index is -2.99. The Bertz CT molecular complexity index is 1050. The van der Waals surface area contributed by atoms with E-state index in [2.05, 4.69) is 4.74 Å². The Morgan fingerprint density at radius 3 is 2.62 bits per heavy atom. The molecule has 1 aromatic heterocycles. The summed E-state index contributed by atoms with van der Waals surface area (Å²) in [5, 5.41) is 9.14. The number of ether oxygens (including phenoxy) is 1. The highest BCUT2D eigenvalue weighted by Gasteiger charge is 2.17. The zero-order valence-corrected chi connectivity index (χ0v) is 13.2. The SMILES string of the molecule is O=C(O)c1cn(Cc2cccc(OC(F)F)c2)c2c(F)cccc2c1=O. The van der Waals surface area contributed by atoms with Crippen LogP contribution in [0.3, 0.4) is 0 Å². The molecule has 0 atom stereocenters. The van der Waals surface area contributed by atoms with Crippen LogP contribution in [0.4, 0.5) is 13.2 Å². The summed E-state index contributed by atoms with van der Waals surface area (Å²) >= 11 is 0. The number of hydrogen-bond acceptors (Lipinski definition) is 3. The maximum atomic E-state index is 14.3. The summed E-state index contributed by atoms with van der Waals surface area (Å²) in [4.78, 5) is 23.6. The largest absolute Gasteiger partial charge is 0.477 e. The highest BCUT2D eigenvalue weighted by molar-refractivity contribution is 5.92. The van der Waals surface area contributed by atoms with Crippen molar-refractivity contribution in [2.75, 3.05) is 0 Å². The van der Waals surface area contributed by atoms with E-state index in [0.717, 1.165) is 12.3 Å². The van der Waals surface area contributed by atoms with Crippen molar-refractivity contribution in [1.82, 2.24) is 4.57 Å². The van der Waals surface area contributed by atoms with Crippen LogP contribution in [-0.2, 0) is 6.54 Å².